The lowest BCUT2D eigenvalue weighted by molar-refractivity contribution is 0.00321. The van der Waals surface area contributed by atoms with Gasteiger partial charge in [-0.25, -0.2) is 0 Å². The van der Waals surface area contributed by atoms with Crippen LogP contribution in [0.15, 0.2) is 18.2 Å². The van der Waals surface area contributed by atoms with Crippen molar-refractivity contribution in [1.82, 2.24) is 4.90 Å². The summed E-state index contributed by atoms with van der Waals surface area (Å²) in [5, 5.41) is 20.1. The molecule has 1 fully saturated rings. The molecular formula is C18H27NO3. The minimum absolute atomic E-state index is 0.0304. The van der Waals surface area contributed by atoms with Gasteiger partial charge in [0.25, 0.3) is 0 Å². The maximum atomic E-state index is 10.1. The van der Waals surface area contributed by atoms with Crippen LogP contribution in [0.4, 0.5) is 0 Å². The van der Waals surface area contributed by atoms with Gasteiger partial charge in [-0.2, -0.15) is 0 Å². The van der Waals surface area contributed by atoms with Gasteiger partial charge in [-0.05, 0) is 35.4 Å². The van der Waals surface area contributed by atoms with Crippen LogP contribution in [0.5, 0.6) is 5.75 Å². The van der Waals surface area contributed by atoms with Crippen LogP contribution in [-0.4, -0.2) is 53.6 Å². The second-order valence-corrected chi connectivity index (χ2v) is 7.53. The van der Waals surface area contributed by atoms with Gasteiger partial charge in [-0.1, -0.05) is 26.0 Å². The Morgan fingerprint density at radius 3 is 2.91 bits per heavy atom. The van der Waals surface area contributed by atoms with Crippen LogP contribution in [0, 0.1) is 5.41 Å². The zero-order valence-electron chi connectivity index (χ0n) is 13.6. The predicted octanol–water partition coefficient (Wildman–Crippen LogP) is 1.62. The second kappa shape index (κ2) is 6.19. The van der Waals surface area contributed by atoms with Crippen LogP contribution in [0.2, 0.25) is 0 Å². The van der Waals surface area contributed by atoms with Crippen molar-refractivity contribution in [1.29, 1.82) is 0 Å². The van der Waals surface area contributed by atoms with Crippen molar-refractivity contribution in [3.63, 3.8) is 0 Å². The van der Waals surface area contributed by atoms with E-state index in [1.54, 1.807) is 0 Å². The number of benzene rings is 1. The van der Waals surface area contributed by atoms with Crippen LogP contribution >= 0.6 is 0 Å². The van der Waals surface area contributed by atoms with E-state index in [1.807, 2.05) is 0 Å². The molecule has 0 amide bonds. The average molecular weight is 305 g/mol. The fourth-order valence-corrected chi connectivity index (χ4v) is 3.68. The highest BCUT2D eigenvalue weighted by Crippen LogP contribution is 2.29. The predicted molar refractivity (Wildman–Crippen MR) is 86.2 cm³/mol. The Kier molecular flexibility index (Phi) is 4.44. The first-order valence-corrected chi connectivity index (χ1v) is 8.26. The minimum Gasteiger partial charge on any atom is -0.493 e. The lowest BCUT2D eigenvalue weighted by Crippen LogP contribution is -2.38. The molecule has 0 aliphatic carbocycles. The molecule has 122 valence electrons. The van der Waals surface area contributed by atoms with E-state index in [-0.39, 0.29) is 5.41 Å². The van der Waals surface area contributed by atoms with Crippen molar-refractivity contribution in [2.75, 3.05) is 26.2 Å². The van der Waals surface area contributed by atoms with Crippen LogP contribution in [0.1, 0.15) is 31.4 Å². The van der Waals surface area contributed by atoms with E-state index < -0.39 is 12.2 Å². The van der Waals surface area contributed by atoms with E-state index in [2.05, 4.69) is 36.9 Å². The summed E-state index contributed by atoms with van der Waals surface area (Å²) in [5.74, 6) is 1.03. The third kappa shape index (κ3) is 3.62. The van der Waals surface area contributed by atoms with E-state index in [0.717, 1.165) is 38.3 Å². The van der Waals surface area contributed by atoms with E-state index in [4.69, 9.17) is 4.74 Å². The van der Waals surface area contributed by atoms with Crippen molar-refractivity contribution >= 4 is 0 Å². The molecule has 0 unspecified atom stereocenters. The number of nitrogens with zero attached hydrogens (tertiary/aromatic N) is 1. The van der Waals surface area contributed by atoms with Crippen LogP contribution in [-0.2, 0) is 12.8 Å². The topological polar surface area (TPSA) is 52.9 Å². The summed E-state index contributed by atoms with van der Waals surface area (Å²) in [6.07, 6.45) is 1.37. The van der Waals surface area contributed by atoms with Gasteiger partial charge in [0.15, 0.2) is 0 Å². The minimum atomic E-state index is -0.643. The number of hydrogen-bond donors (Lipinski definition) is 2. The molecule has 1 saturated heterocycles. The Morgan fingerprint density at radius 2 is 2.09 bits per heavy atom. The lowest BCUT2D eigenvalue weighted by Gasteiger charge is -2.29. The van der Waals surface area contributed by atoms with Gasteiger partial charge in [-0.15, -0.1) is 0 Å². The van der Waals surface area contributed by atoms with Crippen molar-refractivity contribution in [3.8, 4) is 5.75 Å². The molecule has 22 heavy (non-hydrogen) atoms. The van der Waals surface area contributed by atoms with E-state index in [9.17, 15) is 10.2 Å². The largest absolute Gasteiger partial charge is 0.493 e. The molecule has 2 aliphatic heterocycles. The second-order valence-electron chi connectivity index (χ2n) is 7.53. The molecule has 2 aliphatic rings. The average Bonchev–Trinajstić information content (AvgIpc) is 2.87. The molecule has 0 spiro atoms. The highest BCUT2D eigenvalue weighted by Gasteiger charge is 2.33. The molecule has 4 heteroatoms. The molecule has 4 nitrogen and oxygen atoms in total. The third-order valence-electron chi connectivity index (χ3n) is 4.77. The number of rotatable bonds is 3. The summed E-state index contributed by atoms with van der Waals surface area (Å²) in [6, 6.07) is 6.46. The molecule has 2 N–H and O–H groups in total. The molecule has 0 saturated carbocycles. The molecule has 2 atom stereocenters. The van der Waals surface area contributed by atoms with Crippen molar-refractivity contribution in [2.45, 2.75) is 45.3 Å². The number of likely N-dealkylation sites (tertiary alicyclic amines) is 1. The molecular weight excluding hydrogens is 278 g/mol. The number of hydrogen-bond acceptors (Lipinski definition) is 4. The highest BCUT2D eigenvalue weighted by atomic mass is 16.5. The van der Waals surface area contributed by atoms with Gasteiger partial charge in [0.1, 0.15) is 5.75 Å². The van der Waals surface area contributed by atoms with Gasteiger partial charge >= 0.3 is 0 Å². The van der Waals surface area contributed by atoms with Crippen LogP contribution < -0.4 is 4.74 Å². The van der Waals surface area contributed by atoms with Crippen molar-refractivity contribution in [2.24, 2.45) is 5.41 Å². The molecule has 3 rings (SSSR count). The first-order chi connectivity index (χ1) is 10.4. The lowest BCUT2D eigenvalue weighted by atomic mass is 9.86. The third-order valence-corrected chi connectivity index (χ3v) is 4.77. The Morgan fingerprint density at radius 1 is 1.27 bits per heavy atom. The maximum absolute atomic E-state index is 10.1. The fourth-order valence-electron chi connectivity index (χ4n) is 3.68. The molecule has 0 bridgehead atoms. The first-order valence-electron chi connectivity index (χ1n) is 8.26. The van der Waals surface area contributed by atoms with Gasteiger partial charge in [0.05, 0.1) is 18.8 Å². The zero-order chi connectivity index (χ0) is 15.7. The summed E-state index contributed by atoms with van der Waals surface area (Å²) in [4.78, 5) is 2.28. The van der Waals surface area contributed by atoms with E-state index in [0.29, 0.717) is 13.0 Å². The number of ether oxygens (including phenoxy) is 1. The Hall–Kier alpha value is -1.10. The smallest absolute Gasteiger partial charge is 0.122 e. The van der Waals surface area contributed by atoms with Crippen LogP contribution in [0.3, 0.4) is 0 Å². The molecule has 2 heterocycles. The summed E-state index contributed by atoms with van der Waals surface area (Å²) in [6.45, 7) is 7.49. The molecule has 0 aromatic heterocycles. The number of fused-ring (bicyclic) bond motifs is 1. The molecule has 0 radical (unpaired) electrons. The number of aliphatic hydroxyl groups excluding tert-OH is 2. The van der Waals surface area contributed by atoms with Gasteiger partial charge in [-0.3, -0.25) is 4.90 Å². The van der Waals surface area contributed by atoms with Gasteiger partial charge in [0, 0.05) is 26.1 Å². The van der Waals surface area contributed by atoms with E-state index in [1.165, 1.54) is 11.1 Å². The first kappa shape index (κ1) is 15.8. The number of β-amino-alcohol motifs (C(OH)–C–C–N with tert-alkyl or cyclic N) is 1. The standard InChI is InChI=1S/C18H27NO3/c1-18(2)10-15(20)16(21)11-19(12-18)7-5-13-3-4-17-14(9-13)6-8-22-17/h3-4,9,15-16,20-21H,5-8,10-12H2,1-2H3/t15-,16+/m1/s1. The Bertz CT molecular complexity index is 529. The quantitative estimate of drug-likeness (QED) is 0.891. The fraction of sp³-hybridized carbons (Fsp3) is 0.667. The Labute approximate surface area is 132 Å². The Balaban J connectivity index is 1.62. The SMILES string of the molecule is CC1(C)C[C@@H](O)[C@@H](O)CN(CCc2ccc3c(c2)CCO3)C1. The summed E-state index contributed by atoms with van der Waals surface area (Å²) in [7, 11) is 0. The summed E-state index contributed by atoms with van der Waals surface area (Å²) < 4.78 is 5.55. The summed E-state index contributed by atoms with van der Waals surface area (Å²) >= 11 is 0. The van der Waals surface area contributed by atoms with E-state index >= 15 is 0 Å². The van der Waals surface area contributed by atoms with Gasteiger partial charge < -0.3 is 14.9 Å². The highest BCUT2D eigenvalue weighted by molar-refractivity contribution is 5.39. The molecule has 1 aromatic carbocycles. The van der Waals surface area contributed by atoms with Gasteiger partial charge in [0.2, 0.25) is 0 Å². The van der Waals surface area contributed by atoms with Crippen LogP contribution in [0.25, 0.3) is 0 Å². The number of aliphatic hydroxyl groups is 2. The zero-order valence-corrected chi connectivity index (χ0v) is 13.6. The van der Waals surface area contributed by atoms with Crippen molar-refractivity contribution in [3.05, 3.63) is 29.3 Å². The monoisotopic (exact) mass is 305 g/mol. The normalized spacial score (nSPS) is 28.0. The van der Waals surface area contributed by atoms with Crippen molar-refractivity contribution < 1.29 is 14.9 Å². The summed E-state index contributed by atoms with van der Waals surface area (Å²) in [5.41, 5.74) is 2.66. The maximum Gasteiger partial charge on any atom is 0.122 e. The molecule has 1 aromatic rings.